The third-order valence-corrected chi connectivity index (χ3v) is 6.96. The highest BCUT2D eigenvalue weighted by molar-refractivity contribution is 7.98. The molecule has 1 amide bonds. The van der Waals surface area contributed by atoms with Gasteiger partial charge in [0.1, 0.15) is 0 Å². The maximum atomic E-state index is 12.8. The number of thioether (sulfide) groups is 1. The third kappa shape index (κ3) is 5.48. The third-order valence-electron chi connectivity index (χ3n) is 5.93. The van der Waals surface area contributed by atoms with E-state index < -0.39 is 0 Å². The molecule has 2 aliphatic carbocycles. The smallest absolute Gasteiger partial charge is 0.306 e. The number of nitrogens with two attached hydrogens (primary N) is 1. The monoisotopic (exact) mass is 390 g/mol. The molecule has 6 heteroatoms. The number of carbonyl (C=O) groups is 2. The first kappa shape index (κ1) is 20.2. The van der Waals surface area contributed by atoms with Crippen molar-refractivity contribution in [3.8, 4) is 0 Å². The molecule has 2 fully saturated rings. The molecule has 27 heavy (non-hydrogen) atoms. The fourth-order valence-electron chi connectivity index (χ4n) is 4.43. The number of carbonyl (C=O) groups excluding carboxylic acids is 2. The zero-order valence-electron chi connectivity index (χ0n) is 16.0. The van der Waals surface area contributed by atoms with Gasteiger partial charge in [0, 0.05) is 29.2 Å². The molecule has 0 saturated heterocycles. The van der Waals surface area contributed by atoms with Crippen molar-refractivity contribution in [2.75, 3.05) is 18.2 Å². The summed E-state index contributed by atoms with van der Waals surface area (Å²) in [4.78, 5) is 23.9. The van der Waals surface area contributed by atoms with E-state index in [1.165, 1.54) is 26.4 Å². The molecule has 1 aromatic rings. The van der Waals surface area contributed by atoms with Crippen molar-refractivity contribution in [3.63, 3.8) is 0 Å². The standard InChI is InChI=1S/C21H30N2O3S/c1-26-19(24)8-9-27-13-14-4-2-7-18(10-14)23-21(25)17-11-15-5-3-6-16(12-17)20(15)22/h2,4,7,10,15-17,20H,3,5-6,8-9,11-13,22H2,1H3,(H,23,25). The Morgan fingerprint density at radius 1 is 1.26 bits per heavy atom. The number of hydrogen-bond donors (Lipinski definition) is 2. The van der Waals surface area contributed by atoms with Crippen molar-refractivity contribution in [2.24, 2.45) is 23.5 Å². The second-order valence-electron chi connectivity index (χ2n) is 7.77. The molecule has 0 radical (unpaired) electrons. The number of rotatable bonds is 7. The number of nitrogens with one attached hydrogen (secondary N) is 1. The highest BCUT2D eigenvalue weighted by atomic mass is 32.2. The maximum Gasteiger partial charge on any atom is 0.306 e. The number of benzene rings is 1. The van der Waals surface area contributed by atoms with E-state index in [2.05, 4.69) is 10.1 Å². The number of amides is 1. The van der Waals surface area contributed by atoms with Gasteiger partial charge in [-0.2, -0.15) is 11.8 Å². The van der Waals surface area contributed by atoms with Gasteiger partial charge in [0.15, 0.2) is 0 Å². The van der Waals surface area contributed by atoms with Gasteiger partial charge < -0.3 is 15.8 Å². The number of fused-ring (bicyclic) bond motifs is 2. The summed E-state index contributed by atoms with van der Waals surface area (Å²) in [6.45, 7) is 0. The summed E-state index contributed by atoms with van der Waals surface area (Å²) in [6, 6.07) is 8.27. The first-order chi connectivity index (χ1) is 13.1. The minimum absolute atomic E-state index is 0.0817. The van der Waals surface area contributed by atoms with Crippen LogP contribution in [0.1, 0.15) is 44.1 Å². The number of hydrogen-bond acceptors (Lipinski definition) is 5. The van der Waals surface area contributed by atoms with Crippen LogP contribution in [-0.4, -0.2) is 30.8 Å². The normalized spacial score (nSPS) is 27.0. The summed E-state index contributed by atoms with van der Waals surface area (Å²) in [5, 5.41) is 3.11. The maximum absolute atomic E-state index is 12.8. The summed E-state index contributed by atoms with van der Waals surface area (Å²) in [7, 11) is 1.41. The first-order valence-electron chi connectivity index (χ1n) is 9.86. The van der Waals surface area contributed by atoms with E-state index in [0.29, 0.717) is 18.3 Å². The fraction of sp³-hybridized carbons (Fsp3) is 0.619. The molecule has 2 unspecified atom stereocenters. The summed E-state index contributed by atoms with van der Waals surface area (Å²) in [5.41, 5.74) is 8.34. The molecule has 0 aromatic heterocycles. The van der Waals surface area contributed by atoms with Crippen LogP contribution >= 0.6 is 11.8 Å². The summed E-state index contributed by atoms with van der Waals surface area (Å²) < 4.78 is 4.65. The number of ether oxygens (including phenoxy) is 1. The van der Waals surface area contributed by atoms with Crippen LogP contribution in [0.4, 0.5) is 5.69 Å². The average Bonchev–Trinajstić information content (AvgIpc) is 2.65. The lowest BCUT2D eigenvalue weighted by atomic mass is 9.65. The summed E-state index contributed by atoms with van der Waals surface area (Å²) in [5.74, 6) is 2.59. The van der Waals surface area contributed by atoms with E-state index in [1.807, 2.05) is 24.3 Å². The second-order valence-corrected chi connectivity index (χ2v) is 8.87. The van der Waals surface area contributed by atoms with E-state index in [-0.39, 0.29) is 23.8 Å². The molecule has 2 aliphatic rings. The lowest BCUT2D eigenvalue weighted by Gasteiger charge is -2.43. The molecule has 3 rings (SSSR count). The molecule has 5 nitrogen and oxygen atoms in total. The Morgan fingerprint density at radius 3 is 2.70 bits per heavy atom. The van der Waals surface area contributed by atoms with Crippen LogP contribution in [0.25, 0.3) is 0 Å². The summed E-state index contributed by atoms with van der Waals surface area (Å²) >= 11 is 1.69. The van der Waals surface area contributed by atoms with Gasteiger partial charge in [0.2, 0.25) is 5.91 Å². The topological polar surface area (TPSA) is 81.4 Å². The van der Waals surface area contributed by atoms with E-state index in [1.54, 1.807) is 11.8 Å². The molecule has 148 valence electrons. The van der Waals surface area contributed by atoms with Crippen LogP contribution in [0, 0.1) is 17.8 Å². The van der Waals surface area contributed by atoms with Crippen LogP contribution in [0.2, 0.25) is 0 Å². The van der Waals surface area contributed by atoms with Crippen molar-refractivity contribution in [1.29, 1.82) is 0 Å². The fourth-order valence-corrected chi connectivity index (χ4v) is 5.30. The molecule has 0 heterocycles. The largest absolute Gasteiger partial charge is 0.469 e. The predicted octanol–water partition coefficient (Wildman–Crippen LogP) is 3.58. The highest BCUT2D eigenvalue weighted by Gasteiger charge is 2.40. The number of esters is 1. The van der Waals surface area contributed by atoms with Gasteiger partial charge in [0.05, 0.1) is 13.5 Å². The van der Waals surface area contributed by atoms with Crippen molar-refractivity contribution in [1.82, 2.24) is 0 Å². The van der Waals surface area contributed by atoms with Crippen molar-refractivity contribution >= 4 is 29.3 Å². The predicted molar refractivity (Wildman–Crippen MR) is 109 cm³/mol. The quantitative estimate of drug-likeness (QED) is 0.549. The number of anilines is 1. The molecule has 1 aromatic carbocycles. The number of methoxy groups -OCH3 is 1. The van der Waals surface area contributed by atoms with Crippen molar-refractivity contribution in [2.45, 2.75) is 50.3 Å². The average molecular weight is 391 g/mol. The van der Waals surface area contributed by atoms with Crippen LogP contribution in [0.3, 0.4) is 0 Å². The zero-order chi connectivity index (χ0) is 19.2. The Labute approximate surface area is 165 Å². The van der Waals surface area contributed by atoms with Crippen LogP contribution < -0.4 is 11.1 Å². The Balaban J connectivity index is 1.50. The van der Waals surface area contributed by atoms with Crippen LogP contribution in [0.15, 0.2) is 24.3 Å². The van der Waals surface area contributed by atoms with Gasteiger partial charge in [-0.15, -0.1) is 0 Å². The van der Waals surface area contributed by atoms with Crippen LogP contribution in [-0.2, 0) is 20.1 Å². The molecular formula is C21H30N2O3S. The van der Waals surface area contributed by atoms with Gasteiger partial charge in [0.25, 0.3) is 0 Å². The second kappa shape index (κ2) is 9.60. The van der Waals surface area contributed by atoms with Crippen LogP contribution in [0.5, 0.6) is 0 Å². The lowest BCUT2D eigenvalue weighted by Crippen LogP contribution is -2.48. The first-order valence-corrected chi connectivity index (χ1v) is 11.0. The Kier molecular flexibility index (Phi) is 7.19. The van der Waals surface area contributed by atoms with Gasteiger partial charge >= 0.3 is 5.97 Å². The summed E-state index contributed by atoms with van der Waals surface area (Å²) in [6.07, 6.45) is 5.86. The molecule has 3 N–H and O–H groups in total. The minimum Gasteiger partial charge on any atom is -0.469 e. The lowest BCUT2D eigenvalue weighted by molar-refractivity contribution is -0.140. The molecule has 2 bridgehead atoms. The molecular weight excluding hydrogens is 360 g/mol. The molecule has 0 aliphatic heterocycles. The van der Waals surface area contributed by atoms with Gasteiger partial charge in [-0.1, -0.05) is 18.6 Å². The molecule has 2 saturated carbocycles. The minimum atomic E-state index is -0.180. The SMILES string of the molecule is COC(=O)CCSCc1cccc(NC(=O)C2CC3CCCC(C2)C3N)c1. The van der Waals surface area contributed by atoms with E-state index >= 15 is 0 Å². The van der Waals surface area contributed by atoms with Crippen molar-refractivity contribution in [3.05, 3.63) is 29.8 Å². The van der Waals surface area contributed by atoms with Gasteiger partial charge in [-0.25, -0.2) is 0 Å². The van der Waals surface area contributed by atoms with Gasteiger partial charge in [-0.05, 0) is 55.2 Å². The molecule has 0 spiro atoms. The zero-order valence-corrected chi connectivity index (χ0v) is 16.8. The van der Waals surface area contributed by atoms with E-state index in [4.69, 9.17) is 5.73 Å². The Morgan fingerprint density at radius 2 is 2.00 bits per heavy atom. The van der Waals surface area contributed by atoms with E-state index in [0.717, 1.165) is 35.6 Å². The molecule has 2 atom stereocenters. The van der Waals surface area contributed by atoms with E-state index in [9.17, 15) is 9.59 Å². The Bertz CT molecular complexity index is 653. The van der Waals surface area contributed by atoms with Gasteiger partial charge in [-0.3, -0.25) is 9.59 Å². The van der Waals surface area contributed by atoms with Crippen molar-refractivity contribution < 1.29 is 14.3 Å². The highest BCUT2D eigenvalue weighted by Crippen LogP contribution is 2.42. The Hall–Kier alpha value is -1.53.